The average molecular weight is 440 g/mol. The minimum Gasteiger partial charge on any atom is -0.345 e. The molecule has 3 rings (SSSR count). The van der Waals surface area contributed by atoms with E-state index in [1.165, 1.54) is 37.4 Å². The van der Waals surface area contributed by atoms with Gasteiger partial charge in [-0.05, 0) is 18.9 Å². The van der Waals surface area contributed by atoms with Crippen molar-refractivity contribution >= 4 is 38.3 Å². The van der Waals surface area contributed by atoms with Gasteiger partial charge in [0.2, 0.25) is 15.9 Å². The quantitative estimate of drug-likeness (QED) is 0.708. The summed E-state index contributed by atoms with van der Waals surface area (Å²) in [6, 6.07) is 0.786. The Kier molecular flexibility index (Phi) is 6.39. The molecule has 11 heteroatoms. The molecule has 29 heavy (non-hydrogen) atoms. The molecule has 1 atom stereocenters. The lowest BCUT2D eigenvalue weighted by molar-refractivity contribution is -0.119. The monoisotopic (exact) mass is 439 g/mol. The molecule has 2 amide bonds. The fourth-order valence-electron chi connectivity index (χ4n) is 3.50. The highest BCUT2D eigenvalue weighted by atomic mass is 32.2. The van der Waals surface area contributed by atoms with Gasteiger partial charge in [0, 0.05) is 44.5 Å². The molecule has 0 aliphatic carbocycles. The number of nitrogens with one attached hydrogen (secondary N) is 1. The number of carbonyl (C=O) groups is 2. The number of thiazole rings is 1. The van der Waals surface area contributed by atoms with Gasteiger partial charge in [-0.25, -0.2) is 13.4 Å². The van der Waals surface area contributed by atoms with Gasteiger partial charge in [0.05, 0.1) is 0 Å². The normalized spacial score (nSPS) is 17.1. The molecular formula is C18H25N5O4S2. The molecule has 1 saturated heterocycles. The van der Waals surface area contributed by atoms with E-state index in [0.29, 0.717) is 37.6 Å². The van der Waals surface area contributed by atoms with Crippen LogP contribution in [-0.2, 0) is 21.9 Å². The third-order valence-corrected chi connectivity index (χ3v) is 7.72. The first kappa shape index (κ1) is 21.5. The smallest absolute Gasteiger partial charge is 0.271 e. The Morgan fingerprint density at radius 3 is 2.69 bits per heavy atom. The molecule has 9 nitrogen and oxygen atoms in total. The molecule has 0 aromatic carbocycles. The summed E-state index contributed by atoms with van der Waals surface area (Å²) < 4.78 is 28.4. The molecule has 1 aliphatic rings. The highest BCUT2D eigenvalue weighted by Gasteiger charge is 2.36. The molecule has 2 aromatic rings. The van der Waals surface area contributed by atoms with E-state index in [-0.39, 0.29) is 22.4 Å². The number of amides is 2. The summed E-state index contributed by atoms with van der Waals surface area (Å²) in [5.41, 5.74) is 0.240. The summed E-state index contributed by atoms with van der Waals surface area (Å²) in [5, 5.41) is 4.99. The Hall–Kier alpha value is -2.24. The van der Waals surface area contributed by atoms with Crippen LogP contribution in [0.4, 0.5) is 5.13 Å². The molecule has 1 aliphatic heterocycles. The summed E-state index contributed by atoms with van der Waals surface area (Å²) in [7, 11) is -2.03. The van der Waals surface area contributed by atoms with Crippen molar-refractivity contribution in [3.63, 3.8) is 0 Å². The van der Waals surface area contributed by atoms with Crippen LogP contribution in [0, 0.1) is 0 Å². The SMILES string of the molecule is CCN(CC)S(=O)(=O)c1cc(C(=O)N2CCCC2C(=O)Nc2nccs2)n(C)c1. The molecule has 0 saturated carbocycles. The Bertz CT molecular complexity index is 980. The van der Waals surface area contributed by atoms with E-state index in [0.717, 1.165) is 0 Å². The molecule has 1 unspecified atom stereocenters. The lowest BCUT2D eigenvalue weighted by Crippen LogP contribution is -2.43. The molecule has 3 heterocycles. The Labute approximate surface area is 174 Å². The average Bonchev–Trinajstić information content (AvgIpc) is 3.42. The van der Waals surface area contributed by atoms with Crippen molar-refractivity contribution in [2.45, 2.75) is 37.6 Å². The lowest BCUT2D eigenvalue weighted by Gasteiger charge is -2.23. The van der Waals surface area contributed by atoms with Gasteiger partial charge in [-0.3, -0.25) is 9.59 Å². The van der Waals surface area contributed by atoms with Crippen LogP contribution in [0.15, 0.2) is 28.7 Å². The number of nitrogens with zero attached hydrogens (tertiary/aromatic N) is 4. The van der Waals surface area contributed by atoms with Crippen LogP contribution in [0.2, 0.25) is 0 Å². The highest BCUT2D eigenvalue weighted by molar-refractivity contribution is 7.89. The van der Waals surface area contributed by atoms with Gasteiger partial charge in [-0.15, -0.1) is 11.3 Å². The van der Waals surface area contributed by atoms with Crippen LogP contribution in [0.25, 0.3) is 0 Å². The van der Waals surface area contributed by atoms with Crippen molar-refractivity contribution in [2.24, 2.45) is 7.05 Å². The van der Waals surface area contributed by atoms with Crippen molar-refractivity contribution in [1.82, 2.24) is 18.8 Å². The van der Waals surface area contributed by atoms with Crippen LogP contribution in [0.1, 0.15) is 37.2 Å². The number of aromatic nitrogens is 2. The predicted molar refractivity (Wildman–Crippen MR) is 110 cm³/mol. The van der Waals surface area contributed by atoms with Crippen molar-refractivity contribution in [3.8, 4) is 0 Å². The summed E-state index contributed by atoms with van der Waals surface area (Å²) in [6.07, 6.45) is 4.30. The van der Waals surface area contributed by atoms with E-state index in [1.807, 2.05) is 0 Å². The van der Waals surface area contributed by atoms with Crippen LogP contribution >= 0.6 is 11.3 Å². The predicted octanol–water partition coefficient (Wildman–Crippen LogP) is 1.76. The van der Waals surface area contributed by atoms with Crippen molar-refractivity contribution in [1.29, 1.82) is 0 Å². The minimum atomic E-state index is -3.67. The summed E-state index contributed by atoms with van der Waals surface area (Å²) in [4.78, 5) is 31.4. The third-order valence-electron chi connectivity index (χ3n) is 5.02. The van der Waals surface area contributed by atoms with Gasteiger partial charge < -0.3 is 14.8 Å². The van der Waals surface area contributed by atoms with Gasteiger partial charge in [0.15, 0.2) is 5.13 Å². The van der Waals surface area contributed by atoms with E-state index in [1.54, 1.807) is 32.5 Å². The number of rotatable bonds is 7. The second-order valence-corrected chi connectivity index (χ2v) is 9.58. The molecule has 2 aromatic heterocycles. The fraction of sp³-hybridized carbons (Fsp3) is 0.500. The van der Waals surface area contributed by atoms with Crippen LogP contribution in [-0.4, -0.2) is 64.7 Å². The number of sulfonamides is 1. The number of anilines is 1. The first-order valence-electron chi connectivity index (χ1n) is 9.47. The first-order valence-corrected chi connectivity index (χ1v) is 11.8. The maximum Gasteiger partial charge on any atom is 0.271 e. The first-order chi connectivity index (χ1) is 13.8. The van der Waals surface area contributed by atoms with Crippen molar-refractivity contribution < 1.29 is 18.0 Å². The number of carbonyl (C=O) groups excluding carboxylic acids is 2. The van der Waals surface area contributed by atoms with Crippen molar-refractivity contribution in [2.75, 3.05) is 25.0 Å². The topological polar surface area (TPSA) is 105 Å². The van der Waals surface area contributed by atoms with E-state index >= 15 is 0 Å². The standard InChI is InChI=1S/C18H25N5O4S2/c1-4-22(5-2)29(26,27)13-11-15(21(3)12-13)17(25)23-9-6-7-14(23)16(24)20-18-19-8-10-28-18/h8,10-12,14H,4-7,9H2,1-3H3,(H,19,20,24). The zero-order chi connectivity index (χ0) is 21.2. The molecule has 158 valence electrons. The van der Waals surface area contributed by atoms with Gasteiger partial charge in [-0.2, -0.15) is 4.31 Å². The maximum absolute atomic E-state index is 13.1. The van der Waals surface area contributed by atoms with E-state index in [2.05, 4.69) is 10.3 Å². The Balaban J connectivity index is 1.82. The second kappa shape index (κ2) is 8.64. The molecule has 0 spiro atoms. The lowest BCUT2D eigenvalue weighted by atomic mass is 10.2. The minimum absolute atomic E-state index is 0.0787. The molecule has 1 N–H and O–H groups in total. The van der Waals surface area contributed by atoms with Gasteiger partial charge in [0.1, 0.15) is 16.6 Å². The third kappa shape index (κ3) is 4.21. The highest BCUT2D eigenvalue weighted by Crippen LogP contribution is 2.25. The Morgan fingerprint density at radius 2 is 2.07 bits per heavy atom. The van der Waals surface area contributed by atoms with E-state index in [9.17, 15) is 18.0 Å². The van der Waals surface area contributed by atoms with Crippen LogP contribution in [0.5, 0.6) is 0 Å². The zero-order valence-electron chi connectivity index (χ0n) is 16.7. The number of hydrogen-bond acceptors (Lipinski definition) is 6. The van der Waals surface area contributed by atoms with E-state index < -0.39 is 16.1 Å². The van der Waals surface area contributed by atoms with Crippen LogP contribution < -0.4 is 5.32 Å². The number of hydrogen-bond donors (Lipinski definition) is 1. The summed E-state index contributed by atoms with van der Waals surface area (Å²) in [6.45, 7) is 4.68. The second-order valence-electron chi connectivity index (χ2n) is 6.74. The van der Waals surface area contributed by atoms with E-state index in [4.69, 9.17) is 0 Å². The molecule has 0 radical (unpaired) electrons. The number of likely N-dealkylation sites (tertiary alicyclic amines) is 1. The largest absolute Gasteiger partial charge is 0.345 e. The molecule has 1 fully saturated rings. The Morgan fingerprint density at radius 1 is 1.34 bits per heavy atom. The zero-order valence-corrected chi connectivity index (χ0v) is 18.3. The van der Waals surface area contributed by atoms with Gasteiger partial charge in [-0.1, -0.05) is 13.8 Å². The summed E-state index contributed by atoms with van der Waals surface area (Å²) in [5.74, 6) is -0.638. The van der Waals surface area contributed by atoms with Crippen LogP contribution in [0.3, 0.4) is 0 Å². The summed E-state index contributed by atoms with van der Waals surface area (Å²) >= 11 is 1.31. The molecular weight excluding hydrogens is 414 g/mol. The number of aryl methyl sites for hydroxylation is 1. The maximum atomic E-state index is 13.1. The van der Waals surface area contributed by atoms with Crippen molar-refractivity contribution in [3.05, 3.63) is 29.5 Å². The molecule has 0 bridgehead atoms. The van der Waals surface area contributed by atoms with Gasteiger partial charge >= 0.3 is 0 Å². The fourth-order valence-corrected chi connectivity index (χ4v) is 5.57. The van der Waals surface area contributed by atoms with Gasteiger partial charge in [0.25, 0.3) is 5.91 Å².